The summed E-state index contributed by atoms with van der Waals surface area (Å²) < 4.78 is 0.883. The Morgan fingerprint density at radius 1 is 1.54 bits per heavy atom. The van der Waals surface area contributed by atoms with Gasteiger partial charge >= 0.3 is 0 Å². The molecule has 1 aliphatic rings. The van der Waals surface area contributed by atoms with Crippen LogP contribution in [0.15, 0.2) is 16.6 Å². The van der Waals surface area contributed by atoms with Crippen LogP contribution in [-0.4, -0.2) is 12.3 Å². The molecule has 0 atom stereocenters. The van der Waals surface area contributed by atoms with Gasteiger partial charge in [-0.25, -0.2) is 0 Å². The average molecular weight is 240 g/mol. The van der Waals surface area contributed by atoms with Gasteiger partial charge < -0.3 is 5.32 Å². The van der Waals surface area contributed by atoms with Gasteiger partial charge in [-0.05, 0) is 47.0 Å². The Labute approximate surface area is 85.5 Å². The molecule has 1 aliphatic heterocycles. The molecule has 13 heavy (non-hydrogen) atoms. The Morgan fingerprint density at radius 3 is 3.00 bits per heavy atom. The fourth-order valence-corrected chi connectivity index (χ4v) is 2.21. The van der Waals surface area contributed by atoms with Gasteiger partial charge in [0.15, 0.2) is 5.78 Å². The molecule has 68 valence electrons. The molecule has 0 aromatic heterocycles. The molecule has 2 rings (SSSR count). The van der Waals surface area contributed by atoms with Crippen LogP contribution in [0.3, 0.4) is 0 Å². The Balaban J connectivity index is 2.55. The lowest BCUT2D eigenvalue weighted by Crippen LogP contribution is -1.95. The van der Waals surface area contributed by atoms with Crippen molar-refractivity contribution in [3.8, 4) is 0 Å². The second-order valence-corrected chi connectivity index (χ2v) is 4.08. The van der Waals surface area contributed by atoms with E-state index in [4.69, 9.17) is 0 Å². The molecule has 0 unspecified atom stereocenters. The molecule has 1 N–H and O–H groups in total. The summed E-state index contributed by atoms with van der Waals surface area (Å²) in [6.45, 7) is 2.57. The van der Waals surface area contributed by atoms with Crippen LogP contribution < -0.4 is 5.32 Å². The van der Waals surface area contributed by atoms with Gasteiger partial charge in [0.2, 0.25) is 0 Å². The fraction of sp³-hybridized carbons (Fsp3) is 0.300. The largest absolute Gasteiger partial charge is 0.384 e. The minimum Gasteiger partial charge on any atom is -0.384 e. The number of fused-ring (bicyclic) bond motifs is 1. The van der Waals surface area contributed by atoms with Crippen LogP contribution >= 0.6 is 15.9 Å². The van der Waals surface area contributed by atoms with Gasteiger partial charge in [-0.3, -0.25) is 4.79 Å². The molecule has 1 heterocycles. The summed E-state index contributed by atoms with van der Waals surface area (Å²) >= 11 is 3.39. The second kappa shape index (κ2) is 3.14. The lowest BCUT2D eigenvalue weighted by Gasteiger charge is -2.04. The molecule has 0 fully saturated rings. The molecule has 0 aliphatic carbocycles. The SMILES string of the molecule is CC(=O)c1cc2c(cc1Br)NCC2. The first-order chi connectivity index (χ1) is 6.18. The first kappa shape index (κ1) is 8.75. The fourth-order valence-electron chi connectivity index (χ4n) is 1.59. The topological polar surface area (TPSA) is 29.1 Å². The third-order valence-electron chi connectivity index (χ3n) is 2.28. The van der Waals surface area contributed by atoms with Gasteiger partial charge in [-0.1, -0.05) is 0 Å². The number of carbonyl (C=O) groups is 1. The van der Waals surface area contributed by atoms with Crippen LogP contribution in [0.1, 0.15) is 22.8 Å². The van der Waals surface area contributed by atoms with E-state index in [2.05, 4.69) is 21.2 Å². The highest BCUT2D eigenvalue weighted by Crippen LogP contribution is 2.29. The van der Waals surface area contributed by atoms with Crippen LogP contribution in [0.5, 0.6) is 0 Å². The van der Waals surface area contributed by atoms with Gasteiger partial charge in [-0.2, -0.15) is 0 Å². The van der Waals surface area contributed by atoms with Crippen molar-refractivity contribution >= 4 is 27.4 Å². The molecular weight excluding hydrogens is 230 g/mol. The van der Waals surface area contributed by atoms with E-state index in [9.17, 15) is 4.79 Å². The maximum Gasteiger partial charge on any atom is 0.160 e. The van der Waals surface area contributed by atoms with E-state index in [0.717, 1.165) is 28.7 Å². The van der Waals surface area contributed by atoms with Gasteiger partial charge in [0.1, 0.15) is 0 Å². The predicted molar refractivity (Wildman–Crippen MR) is 56.3 cm³/mol. The van der Waals surface area contributed by atoms with Crippen molar-refractivity contribution in [2.24, 2.45) is 0 Å². The standard InChI is InChI=1S/C10H10BrNO/c1-6(13)8-4-7-2-3-12-10(7)5-9(8)11/h4-5,12H,2-3H2,1H3. The van der Waals surface area contributed by atoms with Crippen LogP contribution in [0, 0.1) is 0 Å². The van der Waals surface area contributed by atoms with E-state index in [1.807, 2.05) is 12.1 Å². The van der Waals surface area contributed by atoms with Crippen molar-refractivity contribution in [2.45, 2.75) is 13.3 Å². The summed E-state index contributed by atoms with van der Waals surface area (Å²) in [5.41, 5.74) is 3.17. The van der Waals surface area contributed by atoms with Gasteiger partial charge in [-0.15, -0.1) is 0 Å². The zero-order chi connectivity index (χ0) is 9.42. The second-order valence-electron chi connectivity index (χ2n) is 3.22. The van der Waals surface area contributed by atoms with E-state index >= 15 is 0 Å². The molecule has 0 saturated heterocycles. The molecule has 0 spiro atoms. The Bertz CT molecular complexity index is 373. The Kier molecular flexibility index (Phi) is 2.12. The number of benzene rings is 1. The quantitative estimate of drug-likeness (QED) is 0.764. The van der Waals surface area contributed by atoms with Crippen LogP contribution in [0.25, 0.3) is 0 Å². The lowest BCUT2D eigenvalue weighted by molar-refractivity contribution is 0.101. The van der Waals surface area contributed by atoms with Crippen molar-refractivity contribution in [3.05, 3.63) is 27.7 Å². The molecule has 1 aromatic rings. The maximum atomic E-state index is 11.2. The average Bonchev–Trinajstić information content (AvgIpc) is 2.48. The van der Waals surface area contributed by atoms with E-state index in [0.29, 0.717) is 0 Å². The molecule has 3 heteroatoms. The molecule has 2 nitrogen and oxygen atoms in total. The van der Waals surface area contributed by atoms with Crippen molar-refractivity contribution in [3.63, 3.8) is 0 Å². The minimum atomic E-state index is 0.113. The monoisotopic (exact) mass is 239 g/mol. The van der Waals surface area contributed by atoms with Crippen molar-refractivity contribution in [1.29, 1.82) is 0 Å². The van der Waals surface area contributed by atoms with E-state index < -0.39 is 0 Å². The maximum absolute atomic E-state index is 11.2. The zero-order valence-electron chi connectivity index (χ0n) is 7.36. The predicted octanol–water partition coefficient (Wildman–Crippen LogP) is 2.62. The summed E-state index contributed by atoms with van der Waals surface area (Å²) in [4.78, 5) is 11.2. The van der Waals surface area contributed by atoms with Gasteiger partial charge in [0.05, 0.1) is 0 Å². The van der Waals surface area contributed by atoms with Crippen molar-refractivity contribution in [1.82, 2.24) is 0 Å². The normalized spacial score (nSPS) is 13.7. The third-order valence-corrected chi connectivity index (χ3v) is 2.94. The number of rotatable bonds is 1. The van der Waals surface area contributed by atoms with E-state index in [1.165, 1.54) is 5.56 Å². The number of hydrogen-bond donors (Lipinski definition) is 1. The third kappa shape index (κ3) is 1.48. The first-order valence-corrected chi connectivity index (χ1v) is 5.05. The highest BCUT2D eigenvalue weighted by Gasteiger charge is 2.14. The first-order valence-electron chi connectivity index (χ1n) is 4.25. The number of anilines is 1. The molecular formula is C10H10BrNO. The smallest absolute Gasteiger partial charge is 0.160 e. The Hall–Kier alpha value is -0.830. The number of Topliss-reactive ketones (excluding diaryl/α,β-unsaturated/α-hetero) is 1. The summed E-state index contributed by atoms with van der Waals surface area (Å²) in [6.07, 6.45) is 1.02. The van der Waals surface area contributed by atoms with Crippen molar-refractivity contribution in [2.75, 3.05) is 11.9 Å². The van der Waals surface area contributed by atoms with Crippen LogP contribution in [0.2, 0.25) is 0 Å². The summed E-state index contributed by atoms with van der Waals surface area (Å²) in [7, 11) is 0. The minimum absolute atomic E-state index is 0.113. The van der Waals surface area contributed by atoms with E-state index in [1.54, 1.807) is 6.92 Å². The zero-order valence-corrected chi connectivity index (χ0v) is 8.94. The number of hydrogen-bond acceptors (Lipinski definition) is 2. The number of ketones is 1. The van der Waals surface area contributed by atoms with Crippen LogP contribution in [0.4, 0.5) is 5.69 Å². The molecule has 0 saturated carbocycles. The number of halogens is 1. The number of nitrogens with one attached hydrogen (secondary N) is 1. The Morgan fingerprint density at radius 2 is 2.31 bits per heavy atom. The summed E-state index contributed by atoms with van der Waals surface area (Å²) in [5.74, 6) is 0.113. The summed E-state index contributed by atoms with van der Waals surface area (Å²) in [6, 6.07) is 3.96. The van der Waals surface area contributed by atoms with Crippen molar-refractivity contribution < 1.29 is 4.79 Å². The molecule has 1 aromatic carbocycles. The molecule has 0 bridgehead atoms. The molecule has 0 radical (unpaired) electrons. The van der Waals surface area contributed by atoms with Gasteiger partial charge in [0, 0.05) is 22.3 Å². The van der Waals surface area contributed by atoms with Gasteiger partial charge in [0.25, 0.3) is 0 Å². The highest BCUT2D eigenvalue weighted by atomic mass is 79.9. The summed E-state index contributed by atoms with van der Waals surface area (Å²) in [5, 5.41) is 3.27. The highest BCUT2D eigenvalue weighted by molar-refractivity contribution is 9.10. The lowest BCUT2D eigenvalue weighted by atomic mass is 10.1. The van der Waals surface area contributed by atoms with Crippen LogP contribution in [-0.2, 0) is 6.42 Å². The number of carbonyl (C=O) groups excluding carboxylic acids is 1. The molecule has 0 amide bonds. The van der Waals surface area contributed by atoms with E-state index in [-0.39, 0.29) is 5.78 Å².